The Balaban J connectivity index is 1.49. The third-order valence-corrected chi connectivity index (χ3v) is 5.54. The van der Waals surface area contributed by atoms with Crippen LogP contribution in [-0.4, -0.2) is 32.5 Å². The minimum absolute atomic E-state index is 0.0939. The second-order valence-corrected chi connectivity index (χ2v) is 7.86. The number of aryl methyl sites for hydroxylation is 1. The summed E-state index contributed by atoms with van der Waals surface area (Å²) in [5.74, 6) is 0.837. The third kappa shape index (κ3) is 4.61. The number of likely N-dealkylation sites (tertiary alicyclic amines) is 1. The number of nitrogens with zero attached hydrogens (tertiary/aromatic N) is 3. The minimum Gasteiger partial charge on any atom is -0.443 e. The fraction of sp³-hybridized carbons (Fsp3) is 0.435. The number of carbonyl (C=O) groups excluding carboxylic acids is 1. The number of rotatable bonds is 7. The third-order valence-electron chi connectivity index (χ3n) is 5.54. The molecule has 30 heavy (non-hydrogen) atoms. The summed E-state index contributed by atoms with van der Waals surface area (Å²) in [6.45, 7) is 2.79. The van der Waals surface area contributed by atoms with Gasteiger partial charge in [0.1, 0.15) is 23.3 Å². The number of halogens is 1. The van der Waals surface area contributed by atoms with Gasteiger partial charge in [0.2, 0.25) is 5.89 Å². The molecule has 1 fully saturated rings. The van der Waals surface area contributed by atoms with Crippen molar-refractivity contribution in [3.63, 3.8) is 0 Å². The van der Waals surface area contributed by atoms with Crippen molar-refractivity contribution >= 4 is 5.91 Å². The van der Waals surface area contributed by atoms with E-state index in [0.717, 1.165) is 49.8 Å². The Hall–Kier alpha value is -2.96. The van der Waals surface area contributed by atoms with Crippen LogP contribution in [0.1, 0.15) is 78.5 Å². The van der Waals surface area contributed by atoms with Crippen molar-refractivity contribution in [1.29, 1.82) is 0 Å². The lowest BCUT2D eigenvalue weighted by Gasteiger charge is -2.33. The Morgan fingerprint density at radius 2 is 2.23 bits per heavy atom. The molecule has 158 valence electrons. The van der Waals surface area contributed by atoms with Crippen LogP contribution in [-0.2, 0) is 12.8 Å². The lowest BCUT2D eigenvalue weighted by Crippen LogP contribution is -2.38. The summed E-state index contributed by atoms with van der Waals surface area (Å²) in [6.07, 6.45) is 7.96. The first-order valence-electron chi connectivity index (χ1n) is 10.7. The molecule has 3 heterocycles. The molecule has 1 saturated heterocycles. The molecule has 1 aliphatic rings. The minimum atomic E-state index is -0.270. The monoisotopic (exact) mass is 410 g/mol. The Kier molecular flexibility index (Phi) is 6.26. The van der Waals surface area contributed by atoms with Gasteiger partial charge in [-0.05, 0) is 55.9 Å². The largest absolute Gasteiger partial charge is 0.443 e. The van der Waals surface area contributed by atoms with Crippen LogP contribution >= 0.6 is 0 Å². The van der Waals surface area contributed by atoms with Gasteiger partial charge in [0.25, 0.3) is 5.91 Å². The van der Waals surface area contributed by atoms with Gasteiger partial charge in [-0.1, -0.05) is 25.5 Å². The van der Waals surface area contributed by atoms with Gasteiger partial charge in [0.05, 0.1) is 6.20 Å². The number of carbonyl (C=O) groups is 1. The predicted molar refractivity (Wildman–Crippen MR) is 111 cm³/mol. The first kappa shape index (κ1) is 20.3. The number of aromatic amines is 1. The number of oxazole rings is 1. The van der Waals surface area contributed by atoms with E-state index in [4.69, 9.17) is 4.42 Å². The summed E-state index contributed by atoms with van der Waals surface area (Å²) in [5.41, 5.74) is 2.26. The topological polar surface area (TPSA) is 75.0 Å². The maximum absolute atomic E-state index is 13.4. The van der Waals surface area contributed by atoms with Gasteiger partial charge in [0, 0.05) is 18.7 Å². The lowest BCUT2D eigenvalue weighted by atomic mass is 10.0. The molecule has 0 aliphatic carbocycles. The lowest BCUT2D eigenvalue weighted by molar-refractivity contribution is 0.0564. The van der Waals surface area contributed by atoms with Gasteiger partial charge < -0.3 is 9.32 Å². The summed E-state index contributed by atoms with van der Waals surface area (Å²) in [7, 11) is 0. The van der Waals surface area contributed by atoms with Crippen LogP contribution in [0.3, 0.4) is 0 Å². The molecule has 2 aromatic heterocycles. The number of H-pyrrole nitrogens is 1. The normalized spacial score (nSPS) is 16.7. The number of aromatic nitrogens is 3. The number of piperidine rings is 1. The Morgan fingerprint density at radius 1 is 1.33 bits per heavy atom. The van der Waals surface area contributed by atoms with Crippen LogP contribution in [0.5, 0.6) is 0 Å². The number of hydrogen-bond donors (Lipinski definition) is 1. The second-order valence-electron chi connectivity index (χ2n) is 7.86. The zero-order valence-electron chi connectivity index (χ0n) is 17.2. The molecule has 0 spiro atoms. The number of amides is 1. The fourth-order valence-corrected chi connectivity index (χ4v) is 3.95. The van der Waals surface area contributed by atoms with E-state index in [0.29, 0.717) is 30.3 Å². The zero-order chi connectivity index (χ0) is 20.9. The predicted octanol–water partition coefficient (Wildman–Crippen LogP) is 4.84. The smallest absolute Gasteiger partial charge is 0.275 e. The van der Waals surface area contributed by atoms with Crippen molar-refractivity contribution in [3.8, 4) is 0 Å². The number of unbranched alkanes of at least 4 members (excludes halogenated alkanes) is 1. The molecule has 4 rings (SSSR count). The molecular formula is C23H27FN4O2. The van der Waals surface area contributed by atoms with Crippen LogP contribution in [0.2, 0.25) is 0 Å². The number of hydrogen-bond acceptors (Lipinski definition) is 4. The van der Waals surface area contributed by atoms with E-state index in [2.05, 4.69) is 22.1 Å². The first-order chi connectivity index (χ1) is 14.6. The van der Waals surface area contributed by atoms with E-state index in [1.165, 1.54) is 12.1 Å². The molecule has 0 radical (unpaired) electrons. The van der Waals surface area contributed by atoms with E-state index in [9.17, 15) is 9.18 Å². The van der Waals surface area contributed by atoms with Gasteiger partial charge in [-0.3, -0.25) is 9.89 Å². The number of nitrogens with one attached hydrogen (secondary N) is 1. The molecule has 6 nitrogen and oxygen atoms in total. The van der Waals surface area contributed by atoms with Crippen molar-refractivity contribution < 1.29 is 13.6 Å². The molecule has 0 saturated carbocycles. The van der Waals surface area contributed by atoms with Gasteiger partial charge >= 0.3 is 0 Å². The van der Waals surface area contributed by atoms with Crippen molar-refractivity contribution in [2.75, 3.05) is 6.54 Å². The summed E-state index contributed by atoms with van der Waals surface area (Å²) >= 11 is 0. The van der Waals surface area contributed by atoms with Gasteiger partial charge in [0.15, 0.2) is 0 Å². The highest BCUT2D eigenvalue weighted by atomic mass is 19.1. The summed E-state index contributed by atoms with van der Waals surface area (Å²) in [4.78, 5) is 19.4. The highest BCUT2D eigenvalue weighted by Crippen LogP contribution is 2.32. The van der Waals surface area contributed by atoms with Gasteiger partial charge in [-0.25, -0.2) is 9.37 Å². The van der Waals surface area contributed by atoms with E-state index >= 15 is 0 Å². The molecular weight excluding hydrogens is 383 g/mol. The van der Waals surface area contributed by atoms with Crippen LogP contribution < -0.4 is 0 Å². The maximum atomic E-state index is 13.4. The van der Waals surface area contributed by atoms with E-state index in [1.807, 2.05) is 17.0 Å². The van der Waals surface area contributed by atoms with E-state index < -0.39 is 0 Å². The molecule has 1 atom stereocenters. The molecule has 1 aliphatic heterocycles. The summed E-state index contributed by atoms with van der Waals surface area (Å²) in [5, 5.41) is 7.22. The Labute approximate surface area is 175 Å². The van der Waals surface area contributed by atoms with E-state index in [-0.39, 0.29) is 17.8 Å². The molecule has 0 unspecified atom stereocenters. The highest BCUT2D eigenvalue weighted by molar-refractivity contribution is 5.92. The van der Waals surface area contributed by atoms with Crippen LogP contribution in [0.4, 0.5) is 4.39 Å². The molecule has 3 aromatic rings. The summed E-state index contributed by atoms with van der Waals surface area (Å²) < 4.78 is 19.4. The number of benzene rings is 1. The van der Waals surface area contributed by atoms with E-state index in [1.54, 1.807) is 12.3 Å². The molecule has 1 aromatic carbocycles. The average Bonchev–Trinajstić information content (AvgIpc) is 3.41. The average molecular weight is 410 g/mol. The highest BCUT2D eigenvalue weighted by Gasteiger charge is 2.33. The van der Waals surface area contributed by atoms with Crippen molar-refractivity contribution in [2.24, 2.45) is 0 Å². The van der Waals surface area contributed by atoms with Crippen LogP contribution in [0, 0.1) is 5.82 Å². The van der Waals surface area contributed by atoms with Crippen LogP contribution in [0.25, 0.3) is 0 Å². The quantitative estimate of drug-likeness (QED) is 0.605. The second kappa shape index (κ2) is 9.24. The van der Waals surface area contributed by atoms with Gasteiger partial charge in [-0.15, -0.1) is 0 Å². The maximum Gasteiger partial charge on any atom is 0.275 e. The molecule has 1 amide bonds. The zero-order valence-corrected chi connectivity index (χ0v) is 17.2. The fourth-order valence-electron chi connectivity index (χ4n) is 3.95. The van der Waals surface area contributed by atoms with Crippen LogP contribution in [0.15, 0.2) is 40.9 Å². The Morgan fingerprint density at radius 3 is 3.07 bits per heavy atom. The summed E-state index contributed by atoms with van der Waals surface area (Å²) in [6, 6.07) is 8.10. The molecule has 0 bridgehead atoms. The van der Waals surface area contributed by atoms with Crippen molar-refractivity contribution in [3.05, 3.63) is 70.9 Å². The van der Waals surface area contributed by atoms with Crippen molar-refractivity contribution in [1.82, 2.24) is 20.1 Å². The molecule has 1 N–H and O–H groups in total. The first-order valence-corrected chi connectivity index (χ1v) is 10.7. The standard InChI is InChI=1S/C23H27FN4O2/c1-2-3-9-18-14-20(27-26-18)23(29)28-11-5-4-10-21(28)22-25-15-19(30-22)13-16-7-6-8-17(24)12-16/h6-8,12,14-15,21H,2-5,9-11,13H2,1H3,(H,26,27)/t21-/m0/s1. The van der Waals surface area contributed by atoms with Crippen molar-refractivity contribution in [2.45, 2.75) is 57.9 Å². The SMILES string of the molecule is CCCCc1cc(C(=O)N2CCCC[C@H]2c2ncc(Cc3cccc(F)c3)o2)n[nH]1. The van der Waals surface area contributed by atoms with Gasteiger partial charge in [-0.2, -0.15) is 5.10 Å². The molecule has 7 heteroatoms. The Bertz CT molecular complexity index is 997.